The zero-order chi connectivity index (χ0) is 15.4. The third kappa shape index (κ3) is 2.96. The fourth-order valence-corrected chi connectivity index (χ4v) is 2.48. The highest BCUT2D eigenvalue weighted by Gasteiger charge is 2.05. The maximum atomic E-state index is 4.43. The molecule has 2 aromatic heterocycles. The molecule has 0 saturated carbocycles. The first-order chi connectivity index (χ1) is 10.8. The van der Waals surface area contributed by atoms with Gasteiger partial charge in [0.1, 0.15) is 0 Å². The van der Waals surface area contributed by atoms with Crippen LogP contribution in [0.3, 0.4) is 0 Å². The summed E-state index contributed by atoms with van der Waals surface area (Å²) in [5, 5.41) is 0. The number of rotatable bonds is 3. The summed E-state index contributed by atoms with van der Waals surface area (Å²) in [7, 11) is 0. The van der Waals surface area contributed by atoms with Gasteiger partial charge in [0.15, 0.2) is 0 Å². The summed E-state index contributed by atoms with van der Waals surface area (Å²) in [5.74, 6) is 0. The third-order valence-electron chi connectivity index (χ3n) is 3.93. The Labute approximate surface area is 131 Å². The van der Waals surface area contributed by atoms with E-state index in [1.54, 1.807) is 0 Å². The highest BCUT2D eigenvalue weighted by atomic mass is 14.7. The topological polar surface area (TPSA) is 25.8 Å². The first-order valence-corrected chi connectivity index (χ1v) is 7.35. The summed E-state index contributed by atoms with van der Waals surface area (Å²) in [4.78, 5) is 8.51. The normalized spacial score (nSPS) is 11.9. The summed E-state index contributed by atoms with van der Waals surface area (Å²) in [6.45, 7) is 4.31. The zero-order valence-electron chi connectivity index (χ0n) is 12.8. The van der Waals surface area contributed by atoms with Crippen LogP contribution in [0.2, 0.25) is 0 Å². The van der Waals surface area contributed by atoms with Crippen molar-refractivity contribution in [2.75, 3.05) is 0 Å². The highest BCUT2D eigenvalue weighted by molar-refractivity contribution is 5.89. The van der Waals surface area contributed by atoms with Crippen molar-refractivity contribution in [3.63, 3.8) is 0 Å². The van der Waals surface area contributed by atoms with Gasteiger partial charge in [-0.15, -0.1) is 0 Å². The first kappa shape index (κ1) is 14.2. The average molecular weight is 286 g/mol. The predicted molar refractivity (Wildman–Crippen MR) is 92.1 cm³/mol. The van der Waals surface area contributed by atoms with Gasteiger partial charge in [0.2, 0.25) is 0 Å². The predicted octanol–water partition coefficient (Wildman–Crippen LogP) is 5.09. The van der Waals surface area contributed by atoms with Crippen LogP contribution >= 0.6 is 0 Å². The quantitative estimate of drug-likeness (QED) is 0.670. The van der Waals surface area contributed by atoms with Crippen LogP contribution in [0.25, 0.3) is 22.4 Å². The summed E-state index contributed by atoms with van der Waals surface area (Å²) >= 11 is 0. The largest absolute Gasteiger partial charge is 0.265 e. The monoisotopic (exact) mass is 286 g/mol. The highest BCUT2D eigenvalue weighted by Crippen LogP contribution is 2.28. The molecule has 0 aliphatic carbocycles. The van der Waals surface area contributed by atoms with Gasteiger partial charge >= 0.3 is 0 Å². The van der Waals surface area contributed by atoms with Crippen LogP contribution in [0.1, 0.15) is 25.0 Å². The molecule has 108 valence electrons. The Morgan fingerprint density at radius 1 is 0.727 bits per heavy atom. The van der Waals surface area contributed by atoms with Gasteiger partial charge in [0.25, 0.3) is 0 Å². The second-order valence-electron chi connectivity index (χ2n) is 5.28. The first-order valence-electron chi connectivity index (χ1n) is 7.35. The molecule has 22 heavy (non-hydrogen) atoms. The fraction of sp³-hybridized carbons (Fsp3) is 0.100. The van der Waals surface area contributed by atoms with Crippen LogP contribution in [0.4, 0.5) is 0 Å². The molecule has 0 spiro atoms. The van der Waals surface area contributed by atoms with Gasteiger partial charge < -0.3 is 0 Å². The Morgan fingerprint density at radius 2 is 1.50 bits per heavy atom. The molecule has 0 bridgehead atoms. The molecule has 0 aliphatic rings. The molecule has 2 heterocycles. The summed E-state index contributed by atoms with van der Waals surface area (Å²) < 4.78 is 0. The Bertz CT molecular complexity index is 790. The van der Waals surface area contributed by atoms with E-state index >= 15 is 0 Å². The van der Waals surface area contributed by atoms with E-state index in [9.17, 15) is 0 Å². The molecule has 2 nitrogen and oxygen atoms in total. The molecule has 0 atom stereocenters. The lowest BCUT2D eigenvalue weighted by atomic mass is 9.96. The lowest BCUT2D eigenvalue weighted by molar-refractivity contribution is 1.31. The van der Waals surface area contributed by atoms with E-state index in [0.717, 1.165) is 11.3 Å². The van der Waals surface area contributed by atoms with E-state index in [4.69, 9.17) is 0 Å². The molecule has 0 fully saturated rings. The molecule has 0 amide bonds. The summed E-state index contributed by atoms with van der Waals surface area (Å²) in [5.41, 5.74) is 7.09. The maximum absolute atomic E-state index is 4.43. The van der Waals surface area contributed by atoms with Gasteiger partial charge in [-0.05, 0) is 66.5 Å². The smallest absolute Gasteiger partial charge is 0.0702 e. The Morgan fingerprint density at radius 3 is 2.23 bits per heavy atom. The Hall–Kier alpha value is -2.74. The maximum Gasteiger partial charge on any atom is 0.0702 e. The number of allylic oxidation sites excluding steroid dienone is 2. The van der Waals surface area contributed by atoms with E-state index in [1.807, 2.05) is 48.9 Å². The van der Waals surface area contributed by atoms with E-state index in [1.165, 1.54) is 22.3 Å². The van der Waals surface area contributed by atoms with Crippen molar-refractivity contribution in [3.8, 4) is 11.3 Å². The molecule has 2 heteroatoms. The molecular formula is C20H18N2. The van der Waals surface area contributed by atoms with Crippen molar-refractivity contribution in [1.82, 2.24) is 9.97 Å². The molecule has 0 radical (unpaired) electrons. The van der Waals surface area contributed by atoms with Crippen molar-refractivity contribution >= 4 is 11.1 Å². The number of nitrogens with zero attached hydrogens (tertiary/aromatic N) is 2. The SMILES string of the molecule is CC(=C(C)c1cccc(-c2ccccn2)c1)c1ccncc1. The van der Waals surface area contributed by atoms with E-state index in [0.29, 0.717) is 0 Å². The second-order valence-corrected chi connectivity index (χ2v) is 5.28. The van der Waals surface area contributed by atoms with Crippen LogP contribution in [-0.2, 0) is 0 Å². The van der Waals surface area contributed by atoms with Gasteiger partial charge in [-0.25, -0.2) is 0 Å². The zero-order valence-corrected chi connectivity index (χ0v) is 12.8. The average Bonchev–Trinajstić information content (AvgIpc) is 2.62. The van der Waals surface area contributed by atoms with Crippen LogP contribution in [0, 0.1) is 0 Å². The molecule has 1 aromatic carbocycles. The van der Waals surface area contributed by atoms with Gasteiger partial charge in [0, 0.05) is 24.2 Å². The molecule has 0 unspecified atom stereocenters. The van der Waals surface area contributed by atoms with Crippen molar-refractivity contribution in [3.05, 3.63) is 84.3 Å². The Balaban J connectivity index is 2.02. The van der Waals surface area contributed by atoms with E-state index < -0.39 is 0 Å². The molecule has 0 saturated heterocycles. The Kier molecular flexibility index (Phi) is 4.10. The van der Waals surface area contributed by atoms with Gasteiger partial charge in [-0.3, -0.25) is 9.97 Å². The number of hydrogen-bond donors (Lipinski definition) is 0. The van der Waals surface area contributed by atoms with Crippen LogP contribution in [-0.4, -0.2) is 9.97 Å². The van der Waals surface area contributed by atoms with Crippen molar-refractivity contribution in [2.24, 2.45) is 0 Å². The molecule has 3 rings (SSSR count). The lowest BCUT2D eigenvalue weighted by Crippen LogP contribution is -1.89. The fourth-order valence-electron chi connectivity index (χ4n) is 2.48. The van der Waals surface area contributed by atoms with Crippen molar-refractivity contribution in [1.29, 1.82) is 0 Å². The van der Waals surface area contributed by atoms with Crippen molar-refractivity contribution in [2.45, 2.75) is 13.8 Å². The summed E-state index contributed by atoms with van der Waals surface area (Å²) in [6.07, 6.45) is 5.49. The van der Waals surface area contributed by atoms with Gasteiger partial charge in [-0.2, -0.15) is 0 Å². The number of pyridine rings is 2. The number of aromatic nitrogens is 2. The van der Waals surface area contributed by atoms with Crippen LogP contribution in [0.5, 0.6) is 0 Å². The minimum atomic E-state index is 0.999. The molecular weight excluding hydrogens is 268 g/mol. The third-order valence-corrected chi connectivity index (χ3v) is 3.93. The van der Waals surface area contributed by atoms with Crippen LogP contribution < -0.4 is 0 Å². The minimum Gasteiger partial charge on any atom is -0.265 e. The molecule has 3 aromatic rings. The molecule has 0 aliphatic heterocycles. The van der Waals surface area contributed by atoms with Crippen LogP contribution in [0.15, 0.2) is 73.2 Å². The van der Waals surface area contributed by atoms with E-state index in [-0.39, 0.29) is 0 Å². The van der Waals surface area contributed by atoms with Gasteiger partial charge in [-0.1, -0.05) is 24.3 Å². The number of benzene rings is 1. The molecule has 0 N–H and O–H groups in total. The summed E-state index contributed by atoms with van der Waals surface area (Å²) in [6, 6.07) is 18.6. The number of hydrogen-bond acceptors (Lipinski definition) is 2. The standard InChI is InChI=1S/C20H18N2/c1-15(17-9-12-21-13-10-17)16(2)18-6-5-7-19(14-18)20-8-3-4-11-22-20/h3-14H,1-2H3. The van der Waals surface area contributed by atoms with Crippen molar-refractivity contribution < 1.29 is 0 Å². The lowest BCUT2D eigenvalue weighted by Gasteiger charge is -2.10. The minimum absolute atomic E-state index is 0.999. The van der Waals surface area contributed by atoms with E-state index in [2.05, 4.69) is 48.1 Å². The second kappa shape index (κ2) is 6.35. The van der Waals surface area contributed by atoms with Gasteiger partial charge in [0.05, 0.1) is 5.69 Å².